The Morgan fingerprint density at radius 2 is 2.00 bits per heavy atom. The van der Waals surface area contributed by atoms with Crippen LogP contribution in [0.1, 0.15) is 18.1 Å². The van der Waals surface area contributed by atoms with Crippen LogP contribution in [0.5, 0.6) is 5.75 Å². The van der Waals surface area contributed by atoms with Gasteiger partial charge in [0.2, 0.25) is 5.91 Å². The Kier molecular flexibility index (Phi) is 4.51. The molecule has 0 aliphatic carbocycles. The van der Waals surface area contributed by atoms with Gasteiger partial charge in [-0.3, -0.25) is 4.79 Å². The number of hydrogen-bond acceptors (Lipinski definition) is 3. The monoisotopic (exact) mass is 310 g/mol. The standard InChI is InChI=1S/C19H22N2O2/c1-14(22)21-12-10-16-13-17(5-8-19(16)21)20-11-9-15-3-6-18(23-2)7-4-15/h3-8,13,20H,9-12H2,1-2H3. The number of carbonyl (C=O) groups is 1. The zero-order valence-electron chi connectivity index (χ0n) is 13.6. The van der Waals surface area contributed by atoms with Crippen LogP contribution in [0.4, 0.5) is 11.4 Å². The van der Waals surface area contributed by atoms with E-state index in [4.69, 9.17) is 4.74 Å². The fourth-order valence-corrected chi connectivity index (χ4v) is 2.98. The predicted octanol–water partition coefficient (Wildman–Crippen LogP) is 3.26. The molecule has 0 spiro atoms. The van der Waals surface area contributed by atoms with Crippen LogP contribution in [0.3, 0.4) is 0 Å². The normalized spacial score (nSPS) is 12.9. The molecule has 0 saturated carbocycles. The molecule has 3 rings (SSSR count). The lowest BCUT2D eigenvalue weighted by Gasteiger charge is -2.15. The van der Waals surface area contributed by atoms with E-state index in [1.54, 1.807) is 14.0 Å². The second-order valence-electron chi connectivity index (χ2n) is 5.79. The zero-order chi connectivity index (χ0) is 16.2. The van der Waals surface area contributed by atoms with Crippen LogP contribution in [0.2, 0.25) is 0 Å². The number of hydrogen-bond donors (Lipinski definition) is 1. The third kappa shape index (κ3) is 3.47. The van der Waals surface area contributed by atoms with Crippen molar-refractivity contribution in [2.45, 2.75) is 19.8 Å². The van der Waals surface area contributed by atoms with Gasteiger partial charge in [0.05, 0.1) is 7.11 Å². The Hall–Kier alpha value is -2.49. The molecular weight excluding hydrogens is 288 g/mol. The minimum Gasteiger partial charge on any atom is -0.497 e. The van der Waals surface area contributed by atoms with E-state index in [1.165, 1.54) is 11.1 Å². The van der Waals surface area contributed by atoms with Crippen molar-refractivity contribution in [3.63, 3.8) is 0 Å². The number of rotatable bonds is 5. The van der Waals surface area contributed by atoms with Crippen LogP contribution in [0.25, 0.3) is 0 Å². The van der Waals surface area contributed by atoms with Gasteiger partial charge in [-0.05, 0) is 54.3 Å². The summed E-state index contributed by atoms with van der Waals surface area (Å²) in [6, 6.07) is 14.4. The molecule has 1 amide bonds. The number of anilines is 2. The van der Waals surface area contributed by atoms with Crippen LogP contribution in [-0.2, 0) is 17.6 Å². The molecule has 1 N–H and O–H groups in total. The molecule has 23 heavy (non-hydrogen) atoms. The Balaban J connectivity index is 1.58. The predicted molar refractivity (Wildman–Crippen MR) is 93.4 cm³/mol. The van der Waals surface area contributed by atoms with Gasteiger partial charge in [-0.2, -0.15) is 0 Å². The van der Waals surface area contributed by atoms with Gasteiger partial charge < -0.3 is 15.0 Å². The summed E-state index contributed by atoms with van der Waals surface area (Å²) < 4.78 is 5.17. The summed E-state index contributed by atoms with van der Waals surface area (Å²) >= 11 is 0. The third-order valence-electron chi connectivity index (χ3n) is 4.26. The topological polar surface area (TPSA) is 41.6 Å². The van der Waals surface area contributed by atoms with Gasteiger partial charge in [0.1, 0.15) is 5.75 Å². The van der Waals surface area contributed by atoms with E-state index in [1.807, 2.05) is 29.2 Å². The highest BCUT2D eigenvalue weighted by Gasteiger charge is 2.21. The van der Waals surface area contributed by atoms with Crippen molar-refractivity contribution in [2.75, 3.05) is 30.4 Å². The third-order valence-corrected chi connectivity index (χ3v) is 4.26. The number of nitrogens with zero attached hydrogens (tertiary/aromatic N) is 1. The molecule has 2 aromatic carbocycles. The Labute approximate surface area is 137 Å². The summed E-state index contributed by atoms with van der Waals surface area (Å²) in [5, 5.41) is 3.46. The van der Waals surface area contributed by atoms with Crippen molar-refractivity contribution in [1.82, 2.24) is 0 Å². The molecular formula is C19H22N2O2. The highest BCUT2D eigenvalue weighted by atomic mass is 16.5. The number of fused-ring (bicyclic) bond motifs is 1. The van der Waals surface area contributed by atoms with Crippen molar-refractivity contribution >= 4 is 17.3 Å². The van der Waals surface area contributed by atoms with Crippen molar-refractivity contribution in [1.29, 1.82) is 0 Å². The Morgan fingerprint density at radius 3 is 2.70 bits per heavy atom. The summed E-state index contributed by atoms with van der Waals surface area (Å²) in [6.07, 6.45) is 1.89. The second kappa shape index (κ2) is 6.73. The maximum absolute atomic E-state index is 11.6. The molecule has 0 atom stereocenters. The van der Waals surface area contributed by atoms with Gasteiger partial charge >= 0.3 is 0 Å². The van der Waals surface area contributed by atoms with Crippen LogP contribution in [0.15, 0.2) is 42.5 Å². The first-order chi connectivity index (χ1) is 11.2. The van der Waals surface area contributed by atoms with Crippen LogP contribution in [0, 0.1) is 0 Å². The summed E-state index contributed by atoms with van der Waals surface area (Å²) in [6.45, 7) is 3.29. The number of amides is 1. The maximum atomic E-state index is 11.6. The average Bonchev–Trinajstić information content (AvgIpc) is 2.99. The summed E-state index contributed by atoms with van der Waals surface area (Å²) in [5.74, 6) is 0.999. The zero-order valence-corrected chi connectivity index (χ0v) is 13.6. The van der Waals surface area contributed by atoms with Crippen molar-refractivity contribution in [2.24, 2.45) is 0 Å². The maximum Gasteiger partial charge on any atom is 0.223 e. The first-order valence-electron chi connectivity index (χ1n) is 7.95. The highest BCUT2D eigenvalue weighted by molar-refractivity contribution is 5.94. The van der Waals surface area contributed by atoms with E-state index >= 15 is 0 Å². The van der Waals surface area contributed by atoms with Gasteiger partial charge in [-0.15, -0.1) is 0 Å². The summed E-state index contributed by atoms with van der Waals surface area (Å²) in [4.78, 5) is 13.4. The fraction of sp³-hybridized carbons (Fsp3) is 0.316. The van der Waals surface area contributed by atoms with E-state index in [0.717, 1.165) is 43.1 Å². The molecule has 1 aliphatic heterocycles. The SMILES string of the molecule is COc1ccc(CCNc2ccc3c(c2)CCN3C(C)=O)cc1. The van der Waals surface area contributed by atoms with E-state index < -0.39 is 0 Å². The van der Waals surface area contributed by atoms with Gasteiger partial charge in [-0.25, -0.2) is 0 Å². The van der Waals surface area contributed by atoms with E-state index in [2.05, 4.69) is 23.5 Å². The smallest absolute Gasteiger partial charge is 0.223 e. The summed E-state index contributed by atoms with van der Waals surface area (Å²) in [5.41, 5.74) is 4.69. The quantitative estimate of drug-likeness (QED) is 0.921. The number of benzene rings is 2. The molecule has 0 unspecified atom stereocenters. The van der Waals surface area contributed by atoms with Gasteiger partial charge in [-0.1, -0.05) is 12.1 Å². The minimum absolute atomic E-state index is 0.115. The number of ether oxygens (including phenoxy) is 1. The summed E-state index contributed by atoms with van der Waals surface area (Å²) in [7, 11) is 1.68. The molecule has 2 aromatic rings. The molecule has 1 heterocycles. The molecule has 120 valence electrons. The molecule has 4 heteroatoms. The van der Waals surface area contributed by atoms with Crippen LogP contribution < -0.4 is 15.0 Å². The molecule has 1 aliphatic rings. The van der Waals surface area contributed by atoms with Crippen molar-refractivity contribution in [3.05, 3.63) is 53.6 Å². The molecule has 0 aromatic heterocycles. The first-order valence-corrected chi connectivity index (χ1v) is 7.95. The fourth-order valence-electron chi connectivity index (χ4n) is 2.98. The lowest BCUT2D eigenvalue weighted by Crippen LogP contribution is -2.25. The van der Waals surface area contributed by atoms with Crippen LogP contribution in [-0.4, -0.2) is 26.1 Å². The number of carbonyl (C=O) groups excluding carboxylic acids is 1. The molecule has 0 radical (unpaired) electrons. The molecule has 0 saturated heterocycles. The van der Waals surface area contributed by atoms with E-state index in [0.29, 0.717) is 0 Å². The van der Waals surface area contributed by atoms with Crippen LogP contribution >= 0.6 is 0 Å². The molecule has 0 bridgehead atoms. The van der Waals surface area contributed by atoms with Crippen molar-refractivity contribution < 1.29 is 9.53 Å². The van der Waals surface area contributed by atoms with Gasteiger partial charge in [0.15, 0.2) is 0 Å². The van der Waals surface area contributed by atoms with Gasteiger partial charge in [0, 0.05) is 31.4 Å². The Bertz CT molecular complexity index is 695. The lowest BCUT2D eigenvalue weighted by molar-refractivity contribution is -0.116. The van der Waals surface area contributed by atoms with E-state index in [-0.39, 0.29) is 5.91 Å². The van der Waals surface area contributed by atoms with E-state index in [9.17, 15) is 4.79 Å². The van der Waals surface area contributed by atoms with Crippen molar-refractivity contribution in [3.8, 4) is 5.75 Å². The molecule has 4 nitrogen and oxygen atoms in total. The first kappa shape index (κ1) is 15.4. The largest absolute Gasteiger partial charge is 0.497 e. The molecule has 0 fully saturated rings. The number of nitrogens with one attached hydrogen (secondary N) is 1. The second-order valence-corrected chi connectivity index (χ2v) is 5.79. The minimum atomic E-state index is 0.115. The van der Waals surface area contributed by atoms with Gasteiger partial charge in [0.25, 0.3) is 0 Å². The lowest BCUT2D eigenvalue weighted by atomic mass is 10.1. The average molecular weight is 310 g/mol. The number of methoxy groups -OCH3 is 1. The highest BCUT2D eigenvalue weighted by Crippen LogP contribution is 2.30. The Morgan fingerprint density at radius 1 is 1.22 bits per heavy atom.